The highest BCUT2D eigenvalue weighted by Gasteiger charge is 2.27. The molecule has 176 valence electrons. The zero-order valence-electron chi connectivity index (χ0n) is 19.2. The molecule has 35 heavy (non-hydrogen) atoms. The van der Waals surface area contributed by atoms with Crippen molar-refractivity contribution in [2.24, 2.45) is 0 Å². The highest BCUT2D eigenvalue weighted by molar-refractivity contribution is 5.95. The van der Waals surface area contributed by atoms with E-state index in [9.17, 15) is 4.79 Å². The predicted molar refractivity (Wildman–Crippen MR) is 128 cm³/mol. The van der Waals surface area contributed by atoms with Gasteiger partial charge >= 0.3 is 0 Å². The molecule has 1 aliphatic heterocycles. The van der Waals surface area contributed by atoms with E-state index >= 15 is 0 Å². The van der Waals surface area contributed by atoms with Gasteiger partial charge in [0.1, 0.15) is 17.8 Å². The largest absolute Gasteiger partial charge is 0.497 e. The van der Waals surface area contributed by atoms with E-state index in [4.69, 9.17) is 9.47 Å². The maximum absolute atomic E-state index is 13.3. The van der Waals surface area contributed by atoms with Crippen LogP contribution in [0.4, 0.5) is 0 Å². The van der Waals surface area contributed by atoms with Gasteiger partial charge in [0.2, 0.25) is 5.88 Å². The number of hydrogen-bond donors (Lipinski definition) is 0. The number of amides is 1. The van der Waals surface area contributed by atoms with Crippen LogP contribution in [0.2, 0.25) is 0 Å². The molecule has 0 unspecified atom stereocenters. The van der Waals surface area contributed by atoms with E-state index in [1.807, 2.05) is 29.2 Å². The zero-order chi connectivity index (χ0) is 24.0. The van der Waals surface area contributed by atoms with Gasteiger partial charge in [-0.05, 0) is 31.0 Å². The van der Waals surface area contributed by atoms with Gasteiger partial charge in [0.25, 0.3) is 5.91 Å². The fraction of sp³-hybridized carbons (Fsp3) is 0.231. The Morgan fingerprint density at radius 2 is 1.74 bits per heavy atom. The van der Waals surface area contributed by atoms with Gasteiger partial charge in [0.15, 0.2) is 0 Å². The maximum atomic E-state index is 13.3. The number of rotatable bonds is 6. The quantitative estimate of drug-likeness (QED) is 0.416. The van der Waals surface area contributed by atoms with Crippen molar-refractivity contribution in [2.45, 2.75) is 18.8 Å². The Kier molecular flexibility index (Phi) is 6.56. The van der Waals surface area contributed by atoms with Crippen molar-refractivity contribution in [1.82, 2.24) is 29.8 Å². The van der Waals surface area contributed by atoms with Gasteiger partial charge in [0.05, 0.1) is 24.6 Å². The van der Waals surface area contributed by atoms with E-state index in [0.29, 0.717) is 36.0 Å². The second-order valence-corrected chi connectivity index (χ2v) is 8.24. The second-order valence-electron chi connectivity index (χ2n) is 8.24. The number of pyridine rings is 1. The molecule has 0 saturated carbocycles. The first-order chi connectivity index (χ1) is 17.2. The third kappa shape index (κ3) is 5.24. The van der Waals surface area contributed by atoms with Crippen LogP contribution in [0.3, 0.4) is 0 Å². The fourth-order valence-corrected chi connectivity index (χ4v) is 4.14. The lowest BCUT2D eigenvalue weighted by Crippen LogP contribution is -2.39. The Morgan fingerprint density at radius 1 is 0.943 bits per heavy atom. The lowest BCUT2D eigenvalue weighted by Gasteiger charge is -2.32. The summed E-state index contributed by atoms with van der Waals surface area (Å²) in [5.41, 5.74) is 2.96. The van der Waals surface area contributed by atoms with E-state index in [1.165, 1.54) is 6.33 Å². The normalized spacial score (nSPS) is 15.5. The number of carbonyl (C=O) groups excluding carboxylic acids is 1. The average Bonchev–Trinajstić information content (AvgIpc) is 2.93. The molecule has 9 nitrogen and oxygen atoms in total. The van der Waals surface area contributed by atoms with Crippen LogP contribution in [-0.4, -0.2) is 55.9 Å². The number of likely N-dealkylation sites (tertiary alicyclic amines) is 1. The van der Waals surface area contributed by atoms with E-state index in [-0.39, 0.29) is 11.8 Å². The monoisotopic (exact) mass is 468 g/mol. The lowest BCUT2D eigenvalue weighted by molar-refractivity contribution is 0.0705. The van der Waals surface area contributed by atoms with Crippen molar-refractivity contribution >= 4 is 5.91 Å². The molecule has 1 aliphatic rings. The molecule has 1 fully saturated rings. The van der Waals surface area contributed by atoms with Crippen molar-refractivity contribution < 1.29 is 14.3 Å². The van der Waals surface area contributed by atoms with Crippen LogP contribution >= 0.6 is 0 Å². The van der Waals surface area contributed by atoms with E-state index in [1.54, 1.807) is 50.4 Å². The molecule has 5 rings (SSSR count). The molecule has 0 aliphatic carbocycles. The van der Waals surface area contributed by atoms with Gasteiger partial charge < -0.3 is 14.4 Å². The molecule has 0 radical (unpaired) electrons. The number of ether oxygens (including phenoxy) is 2. The Balaban J connectivity index is 1.30. The highest BCUT2D eigenvalue weighted by atomic mass is 16.5. The second kappa shape index (κ2) is 10.3. The Bertz CT molecular complexity index is 1320. The highest BCUT2D eigenvalue weighted by Crippen LogP contribution is 2.29. The molecular weight excluding hydrogens is 444 g/mol. The molecule has 1 aromatic carbocycles. The van der Waals surface area contributed by atoms with Crippen molar-refractivity contribution in [3.05, 3.63) is 85.1 Å². The zero-order valence-corrected chi connectivity index (χ0v) is 19.2. The third-order valence-electron chi connectivity index (χ3n) is 5.90. The molecule has 4 aromatic rings. The number of benzene rings is 1. The lowest BCUT2D eigenvalue weighted by atomic mass is 9.94. The molecular formula is C26H24N6O3. The van der Waals surface area contributed by atoms with E-state index < -0.39 is 0 Å². The smallest absolute Gasteiger partial charge is 0.255 e. The summed E-state index contributed by atoms with van der Waals surface area (Å²) in [6.07, 6.45) is 13.3. The van der Waals surface area contributed by atoms with Crippen LogP contribution in [0.1, 0.15) is 34.8 Å². The van der Waals surface area contributed by atoms with E-state index in [2.05, 4.69) is 24.9 Å². The number of hydrogen-bond acceptors (Lipinski definition) is 8. The van der Waals surface area contributed by atoms with Crippen LogP contribution in [0.5, 0.6) is 17.4 Å². The van der Waals surface area contributed by atoms with Crippen LogP contribution in [-0.2, 0) is 0 Å². The summed E-state index contributed by atoms with van der Waals surface area (Å²) in [5, 5.41) is 0. The maximum Gasteiger partial charge on any atom is 0.255 e. The van der Waals surface area contributed by atoms with E-state index in [0.717, 1.165) is 29.7 Å². The Hall–Kier alpha value is -4.40. The van der Waals surface area contributed by atoms with Crippen LogP contribution < -0.4 is 9.47 Å². The van der Waals surface area contributed by atoms with Crippen molar-refractivity contribution in [3.63, 3.8) is 0 Å². The van der Waals surface area contributed by atoms with Crippen LogP contribution in [0.15, 0.2) is 73.8 Å². The number of methoxy groups -OCH3 is 1. The molecule has 0 N–H and O–H groups in total. The minimum absolute atomic E-state index is 0.0577. The molecule has 1 amide bonds. The molecule has 4 heterocycles. The molecule has 1 saturated heterocycles. The number of nitrogens with zero attached hydrogens (tertiary/aromatic N) is 6. The van der Waals surface area contributed by atoms with Crippen molar-refractivity contribution in [2.75, 3.05) is 20.2 Å². The van der Waals surface area contributed by atoms with Gasteiger partial charge in [0, 0.05) is 67.2 Å². The summed E-state index contributed by atoms with van der Waals surface area (Å²) in [6.45, 7) is 1.23. The van der Waals surface area contributed by atoms with Gasteiger partial charge in [-0.15, -0.1) is 0 Å². The summed E-state index contributed by atoms with van der Waals surface area (Å²) in [4.78, 5) is 36.5. The summed E-state index contributed by atoms with van der Waals surface area (Å²) in [6, 6.07) is 9.16. The molecule has 1 atom stereocenters. The van der Waals surface area contributed by atoms with Gasteiger partial charge in [-0.25, -0.2) is 15.0 Å². The summed E-state index contributed by atoms with van der Waals surface area (Å²) in [5.74, 6) is 1.73. The Labute approximate surface area is 202 Å². The van der Waals surface area contributed by atoms with Gasteiger partial charge in [-0.3, -0.25) is 14.8 Å². The van der Waals surface area contributed by atoms with Gasteiger partial charge in [-0.2, -0.15) is 0 Å². The summed E-state index contributed by atoms with van der Waals surface area (Å²) in [7, 11) is 1.61. The number of carbonyl (C=O) groups is 1. The standard InChI is InChI=1S/C26H24N6O3/c1-34-22-5-2-6-23(9-22)35-25-15-28-14-24(31-25)18-4-3-7-32(16-18)26(33)20-8-19(10-27-11-20)21-12-29-17-30-13-21/h2,5-6,8-15,17-18H,3-4,7,16H2,1H3/t18-/m0/s1. The first-order valence-corrected chi connectivity index (χ1v) is 11.3. The minimum atomic E-state index is -0.0577. The molecule has 9 heteroatoms. The SMILES string of the molecule is COc1cccc(Oc2cncc([C@H]3CCCN(C(=O)c4cncc(-c5cncnc5)c4)C3)n2)c1. The number of aromatic nitrogens is 5. The van der Waals surface area contributed by atoms with Crippen molar-refractivity contribution in [3.8, 4) is 28.5 Å². The van der Waals surface area contributed by atoms with Crippen LogP contribution in [0, 0.1) is 0 Å². The average molecular weight is 469 g/mol. The summed E-state index contributed by atoms with van der Waals surface area (Å²) >= 11 is 0. The minimum Gasteiger partial charge on any atom is -0.497 e. The predicted octanol–water partition coefficient (Wildman–Crippen LogP) is 4.15. The van der Waals surface area contributed by atoms with Crippen LogP contribution in [0.25, 0.3) is 11.1 Å². The topological polar surface area (TPSA) is 103 Å². The number of piperidine rings is 1. The first kappa shape index (κ1) is 22.4. The molecule has 0 bridgehead atoms. The molecule has 0 spiro atoms. The molecule has 3 aromatic heterocycles. The first-order valence-electron chi connectivity index (χ1n) is 11.3. The summed E-state index contributed by atoms with van der Waals surface area (Å²) < 4.78 is 11.1. The van der Waals surface area contributed by atoms with Crippen molar-refractivity contribution in [1.29, 1.82) is 0 Å². The van der Waals surface area contributed by atoms with Gasteiger partial charge in [-0.1, -0.05) is 6.07 Å². The third-order valence-corrected chi connectivity index (χ3v) is 5.90. The fourth-order valence-electron chi connectivity index (χ4n) is 4.14. The Morgan fingerprint density at radius 3 is 2.60 bits per heavy atom.